The summed E-state index contributed by atoms with van der Waals surface area (Å²) in [6.45, 7) is 7.95. The van der Waals surface area contributed by atoms with Crippen LogP contribution in [0, 0.1) is 35.5 Å². The number of hydrogen-bond acceptors (Lipinski definition) is 0. The van der Waals surface area contributed by atoms with Gasteiger partial charge in [0.2, 0.25) is 0 Å². The Morgan fingerprint density at radius 3 is 1.12 bits per heavy atom. The Bertz CT molecular complexity index is 421. The molecule has 3 aliphatic carbocycles. The average Bonchev–Trinajstić information content (AvgIpc) is 2.67. The second-order valence-corrected chi connectivity index (χ2v) is 8.88. The van der Waals surface area contributed by atoms with Crippen LogP contribution in [0.1, 0.15) is 81.3 Å². The van der Waals surface area contributed by atoms with Crippen molar-refractivity contribution in [1.29, 1.82) is 0 Å². The van der Waals surface area contributed by atoms with Gasteiger partial charge in [0.05, 0.1) is 0 Å². The van der Waals surface area contributed by atoms with Gasteiger partial charge in [-0.25, -0.2) is 0 Å². The molecule has 3 aliphatic rings. The van der Waals surface area contributed by atoms with Crippen LogP contribution >= 0.6 is 0 Å². The van der Waals surface area contributed by atoms with Crippen LogP contribution in [-0.2, 0) is 0 Å². The Balaban J connectivity index is 0.00000225. The highest BCUT2D eigenvalue weighted by molar-refractivity contribution is 4.98. The SMILES string of the molecule is C=CC1CCC(/C=C/C2CCC(C3CCC(C=C)CC3)CC2)CC1.[HH].[HH].[HH]. The molecule has 140 valence electrons. The van der Waals surface area contributed by atoms with Crippen molar-refractivity contribution in [3.8, 4) is 0 Å². The molecular formula is C24H44. The van der Waals surface area contributed by atoms with Gasteiger partial charge in [-0.3, -0.25) is 0 Å². The maximum absolute atomic E-state index is 3.99. The van der Waals surface area contributed by atoms with Crippen LogP contribution in [0.15, 0.2) is 37.5 Å². The van der Waals surface area contributed by atoms with Gasteiger partial charge < -0.3 is 0 Å². The normalized spacial score (nSPS) is 41.2. The third kappa shape index (κ3) is 4.87. The average molecular weight is 333 g/mol. The van der Waals surface area contributed by atoms with Crippen molar-refractivity contribution in [1.82, 2.24) is 0 Å². The molecular weight excluding hydrogens is 288 g/mol. The lowest BCUT2D eigenvalue weighted by Crippen LogP contribution is -2.25. The van der Waals surface area contributed by atoms with Gasteiger partial charge in [-0.15, -0.1) is 13.2 Å². The van der Waals surface area contributed by atoms with Crippen LogP contribution in [0.2, 0.25) is 0 Å². The molecule has 0 unspecified atom stereocenters. The molecule has 0 heterocycles. The van der Waals surface area contributed by atoms with Crippen molar-refractivity contribution >= 4 is 0 Å². The van der Waals surface area contributed by atoms with E-state index in [-0.39, 0.29) is 4.28 Å². The fourth-order valence-electron chi connectivity index (χ4n) is 5.55. The van der Waals surface area contributed by atoms with Crippen molar-refractivity contribution in [3.63, 3.8) is 0 Å². The summed E-state index contributed by atoms with van der Waals surface area (Å²) in [5.41, 5.74) is 0. The fourth-order valence-corrected chi connectivity index (χ4v) is 5.55. The molecule has 24 heavy (non-hydrogen) atoms. The topological polar surface area (TPSA) is 0 Å². The second-order valence-electron chi connectivity index (χ2n) is 8.88. The van der Waals surface area contributed by atoms with E-state index >= 15 is 0 Å². The quantitative estimate of drug-likeness (QED) is 0.446. The van der Waals surface area contributed by atoms with Crippen LogP contribution in [0.3, 0.4) is 0 Å². The van der Waals surface area contributed by atoms with Crippen LogP contribution in [-0.4, -0.2) is 0 Å². The van der Waals surface area contributed by atoms with Gasteiger partial charge in [-0.2, -0.15) is 0 Å². The van der Waals surface area contributed by atoms with Crippen molar-refractivity contribution < 1.29 is 4.28 Å². The summed E-state index contributed by atoms with van der Waals surface area (Å²) in [7, 11) is 0. The number of rotatable bonds is 5. The molecule has 3 fully saturated rings. The lowest BCUT2D eigenvalue weighted by molar-refractivity contribution is 0.166. The summed E-state index contributed by atoms with van der Waals surface area (Å²) in [4.78, 5) is 0. The van der Waals surface area contributed by atoms with Gasteiger partial charge in [0.25, 0.3) is 0 Å². The Kier molecular flexibility index (Phi) is 6.81. The zero-order chi connectivity index (χ0) is 16.8. The molecule has 3 rings (SSSR count). The Labute approximate surface area is 155 Å². The molecule has 0 nitrogen and oxygen atoms in total. The number of allylic oxidation sites excluding steroid dienone is 4. The predicted molar refractivity (Wildman–Crippen MR) is 112 cm³/mol. The van der Waals surface area contributed by atoms with Crippen molar-refractivity contribution in [2.45, 2.75) is 77.0 Å². The first-order valence-corrected chi connectivity index (χ1v) is 10.7. The van der Waals surface area contributed by atoms with E-state index < -0.39 is 0 Å². The molecule has 0 bridgehead atoms. The van der Waals surface area contributed by atoms with Crippen LogP contribution in [0.4, 0.5) is 0 Å². The van der Waals surface area contributed by atoms with E-state index in [9.17, 15) is 0 Å². The van der Waals surface area contributed by atoms with E-state index in [0.29, 0.717) is 0 Å². The van der Waals surface area contributed by atoms with E-state index in [4.69, 9.17) is 0 Å². The molecule has 0 saturated heterocycles. The summed E-state index contributed by atoms with van der Waals surface area (Å²) < 4.78 is 0. The third-order valence-corrected chi connectivity index (χ3v) is 7.44. The maximum Gasteiger partial charge on any atom is 0 e. The molecule has 0 aliphatic heterocycles. The largest absolute Gasteiger partial charge is 0.103 e. The highest BCUT2D eigenvalue weighted by Crippen LogP contribution is 2.42. The van der Waals surface area contributed by atoms with Gasteiger partial charge in [-0.05, 0) is 113 Å². The van der Waals surface area contributed by atoms with Crippen molar-refractivity contribution in [2.24, 2.45) is 35.5 Å². The maximum atomic E-state index is 3.99. The minimum atomic E-state index is 0. The summed E-state index contributed by atoms with van der Waals surface area (Å²) in [5.74, 6) is 5.40. The standard InChI is InChI=1S/C24H38.3H2/c1-3-19-5-7-21(8-6-19)9-10-22-13-17-24(18-14-22)23-15-11-20(4-2)12-16-23;;;/h3-4,9-10,19-24H,1-2,5-8,11-18H2;3*1H/b10-9+;;;. The molecule has 0 atom stereocenters. The zero-order valence-electron chi connectivity index (χ0n) is 15.7. The van der Waals surface area contributed by atoms with Gasteiger partial charge in [0.1, 0.15) is 0 Å². The van der Waals surface area contributed by atoms with Crippen molar-refractivity contribution in [2.75, 3.05) is 0 Å². The molecule has 0 heteroatoms. The Hall–Kier alpha value is -0.780. The summed E-state index contributed by atoms with van der Waals surface area (Å²) >= 11 is 0. The molecule has 0 spiro atoms. The van der Waals surface area contributed by atoms with E-state index in [1.54, 1.807) is 0 Å². The highest BCUT2D eigenvalue weighted by atomic mass is 14.3. The molecule has 0 amide bonds. The molecule has 0 N–H and O–H groups in total. The molecule has 0 aromatic carbocycles. The zero-order valence-corrected chi connectivity index (χ0v) is 15.7. The Morgan fingerprint density at radius 1 is 0.458 bits per heavy atom. The minimum absolute atomic E-state index is 0. The van der Waals surface area contributed by atoms with Gasteiger partial charge in [0, 0.05) is 4.28 Å². The lowest BCUT2D eigenvalue weighted by Gasteiger charge is -2.37. The second kappa shape index (κ2) is 9.07. The minimum Gasteiger partial charge on any atom is -0.103 e. The highest BCUT2D eigenvalue weighted by Gasteiger charge is 2.29. The monoisotopic (exact) mass is 332 g/mol. The first-order valence-electron chi connectivity index (χ1n) is 10.7. The summed E-state index contributed by atoms with van der Waals surface area (Å²) in [6.07, 6.45) is 26.7. The van der Waals surface area contributed by atoms with Crippen LogP contribution < -0.4 is 0 Å². The molecule has 0 aromatic heterocycles. The van der Waals surface area contributed by atoms with E-state index in [1.165, 1.54) is 77.0 Å². The summed E-state index contributed by atoms with van der Waals surface area (Å²) in [6, 6.07) is 0. The van der Waals surface area contributed by atoms with Gasteiger partial charge in [0.15, 0.2) is 0 Å². The van der Waals surface area contributed by atoms with Gasteiger partial charge in [-0.1, -0.05) is 24.3 Å². The smallest absolute Gasteiger partial charge is 0 e. The molecule has 3 saturated carbocycles. The van der Waals surface area contributed by atoms with Gasteiger partial charge >= 0.3 is 0 Å². The first-order chi connectivity index (χ1) is 11.8. The van der Waals surface area contributed by atoms with E-state index in [2.05, 4.69) is 37.5 Å². The van der Waals surface area contributed by atoms with Crippen LogP contribution in [0.25, 0.3) is 0 Å². The van der Waals surface area contributed by atoms with Crippen LogP contribution in [0.5, 0.6) is 0 Å². The van der Waals surface area contributed by atoms with Crippen molar-refractivity contribution in [3.05, 3.63) is 37.5 Å². The number of hydrogen-bond donors (Lipinski definition) is 0. The van der Waals surface area contributed by atoms with E-state index in [0.717, 1.165) is 35.5 Å². The third-order valence-electron chi connectivity index (χ3n) is 7.44. The summed E-state index contributed by atoms with van der Waals surface area (Å²) in [5, 5.41) is 0. The molecule has 0 radical (unpaired) electrons. The fraction of sp³-hybridized carbons (Fsp3) is 0.750. The lowest BCUT2D eigenvalue weighted by atomic mass is 9.69. The Morgan fingerprint density at radius 2 is 0.750 bits per heavy atom. The predicted octanol–water partition coefficient (Wildman–Crippen LogP) is 8.07. The molecule has 0 aromatic rings. The first kappa shape index (κ1) is 18.0. The van der Waals surface area contributed by atoms with E-state index in [1.807, 2.05) is 0 Å².